The quantitative estimate of drug-likeness (QED) is 0.343. The molecule has 9 nitrogen and oxygen atoms in total. The third-order valence-electron chi connectivity index (χ3n) is 3.18. The van der Waals surface area contributed by atoms with Crippen LogP contribution in [-0.4, -0.2) is 29.3 Å². The van der Waals surface area contributed by atoms with Crippen LogP contribution in [0.3, 0.4) is 0 Å². The Labute approximate surface area is 140 Å². The highest BCUT2D eigenvalue weighted by Crippen LogP contribution is 2.29. The highest BCUT2D eigenvalue weighted by atomic mass is 32.2. The molecule has 0 spiro atoms. The Morgan fingerprint density at radius 1 is 1.21 bits per heavy atom. The fraction of sp³-hybridized carbons (Fsp3) is 0. The summed E-state index contributed by atoms with van der Waals surface area (Å²) in [6, 6.07) is 9.39. The van der Waals surface area contributed by atoms with E-state index in [2.05, 4.69) is 10.3 Å². The van der Waals surface area contributed by atoms with Crippen LogP contribution < -0.4 is 16.4 Å². The third kappa shape index (κ3) is 2.92. The number of hydrogen-bond donors (Lipinski definition) is 3. The summed E-state index contributed by atoms with van der Waals surface area (Å²) in [5.74, 6) is 4.61. The van der Waals surface area contributed by atoms with E-state index in [0.717, 1.165) is 4.88 Å². The number of nitrogens with two attached hydrogens (primary N) is 2. The Morgan fingerprint density at radius 3 is 2.46 bits per heavy atom. The van der Waals surface area contributed by atoms with Gasteiger partial charge in [-0.25, -0.2) is 24.1 Å². The summed E-state index contributed by atoms with van der Waals surface area (Å²) in [5.41, 5.74) is 3.07. The molecule has 0 saturated carbocycles. The average Bonchev–Trinajstić information content (AvgIpc) is 3.22. The number of nitrogens with one attached hydrogen (secondary N) is 1. The number of amides is 1. The van der Waals surface area contributed by atoms with Crippen molar-refractivity contribution < 1.29 is 13.2 Å². The van der Waals surface area contributed by atoms with E-state index in [1.165, 1.54) is 40.3 Å². The maximum absolute atomic E-state index is 11.9. The smallest absolute Gasteiger partial charge is 0.288 e. The molecule has 0 aliphatic rings. The topological polar surface area (TPSA) is 146 Å². The van der Waals surface area contributed by atoms with Gasteiger partial charge in [0.25, 0.3) is 5.91 Å². The number of hydrazine groups is 1. The monoisotopic (exact) mass is 364 g/mol. The van der Waals surface area contributed by atoms with Crippen molar-refractivity contribution in [1.29, 1.82) is 0 Å². The highest BCUT2D eigenvalue weighted by Gasteiger charge is 2.22. The molecular formula is C13H12N6O3S2. The van der Waals surface area contributed by atoms with E-state index < -0.39 is 15.9 Å². The first-order chi connectivity index (χ1) is 11.4. The van der Waals surface area contributed by atoms with Crippen LogP contribution in [-0.2, 0) is 10.0 Å². The van der Waals surface area contributed by atoms with Crippen molar-refractivity contribution in [1.82, 2.24) is 20.4 Å². The van der Waals surface area contributed by atoms with Crippen LogP contribution in [0, 0.1) is 0 Å². The van der Waals surface area contributed by atoms with Gasteiger partial charge in [-0.3, -0.25) is 10.2 Å². The molecule has 3 aromatic rings. The fourth-order valence-corrected chi connectivity index (χ4v) is 3.37. The summed E-state index contributed by atoms with van der Waals surface area (Å²) in [6.45, 7) is 0. The minimum absolute atomic E-state index is 0.0241. The number of nitrogen functional groups attached to an aromatic ring is 1. The molecule has 0 bridgehead atoms. The molecule has 3 rings (SSSR count). The van der Waals surface area contributed by atoms with Crippen molar-refractivity contribution in [2.75, 3.05) is 0 Å². The van der Waals surface area contributed by atoms with E-state index in [1.54, 1.807) is 0 Å². The van der Waals surface area contributed by atoms with Crippen molar-refractivity contribution in [3.63, 3.8) is 0 Å². The van der Waals surface area contributed by atoms with E-state index in [-0.39, 0.29) is 10.6 Å². The molecule has 2 aromatic heterocycles. The lowest BCUT2D eigenvalue weighted by Gasteiger charge is -2.07. The molecule has 5 N–H and O–H groups in total. The number of carbonyl (C=O) groups excluding carboxylic acids is 1. The van der Waals surface area contributed by atoms with Gasteiger partial charge in [0, 0.05) is 0 Å². The summed E-state index contributed by atoms with van der Waals surface area (Å²) in [4.78, 5) is 12.7. The van der Waals surface area contributed by atoms with E-state index >= 15 is 0 Å². The first-order valence-electron chi connectivity index (χ1n) is 6.55. The van der Waals surface area contributed by atoms with Crippen LogP contribution >= 0.6 is 11.3 Å². The molecule has 0 atom stereocenters. The molecule has 1 aromatic carbocycles. The predicted molar refractivity (Wildman–Crippen MR) is 87.7 cm³/mol. The van der Waals surface area contributed by atoms with Gasteiger partial charge in [-0.2, -0.15) is 0 Å². The van der Waals surface area contributed by atoms with Crippen LogP contribution in [0.25, 0.3) is 16.3 Å². The van der Waals surface area contributed by atoms with Gasteiger partial charge in [0.15, 0.2) is 5.69 Å². The molecule has 0 saturated heterocycles. The van der Waals surface area contributed by atoms with Crippen LogP contribution in [0.2, 0.25) is 0 Å². The predicted octanol–water partition coefficient (Wildman–Crippen LogP) is 0.247. The Bertz CT molecular complexity index is 977. The molecular weight excluding hydrogens is 352 g/mol. The number of primary sulfonamides is 1. The second-order valence-corrected chi connectivity index (χ2v) is 7.20. The van der Waals surface area contributed by atoms with Gasteiger partial charge in [-0.15, -0.1) is 16.4 Å². The Hall–Kier alpha value is -2.60. The van der Waals surface area contributed by atoms with Gasteiger partial charge in [0.1, 0.15) is 5.69 Å². The normalized spacial score (nSPS) is 11.4. The van der Waals surface area contributed by atoms with Crippen molar-refractivity contribution in [2.45, 2.75) is 4.90 Å². The summed E-state index contributed by atoms with van der Waals surface area (Å²) >= 11 is 1.40. The molecule has 124 valence electrons. The average molecular weight is 364 g/mol. The molecule has 11 heteroatoms. The third-order valence-corrected chi connectivity index (χ3v) is 4.99. The molecule has 0 aliphatic carbocycles. The molecule has 1 amide bonds. The summed E-state index contributed by atoms with van der Waals surface area (Å²) < 4.78 is 24.1. The number of nitrogens with zero attached hydrogens (tertiary/aromatic N) is 3. The van der Waals surface area contributed by atoms with E-state index in [4.69, 9.17) is 11.0 Å². The lowest BCUT2D eigenvalue weighted by Crippen LogP contribution is -2.30. The van der Waals surface area contributed by atoms with Gasteiger partial charge < -0.3 is 0 Å². The molecule has 0 fully saturated rings. The van der Waals surface area contributed by atoms with Gasteiger partial charge in [-0.05, 0) is 35.7 Å². The van der Waals surface area contributed by atoms with Gasteiger partial charge >= 0.3 is 0 Å². The van der Waals surface area contributed by atoms with Crippen molar-refractivity contribution in [3.8, 4) is 16.3 Å². The number of benzene rings is 1. The second-order valence-electron chi connectivity index (χ2n) is 4.69. The number of carbonyl (C=O) groups is 1. The SMILES string of the molecule is NNC(=O)c1nnn(-c2ccc(S(N)(=O)=O)cc2)c1-c1cccs1. The first-order valence-corrected chi connectivity index (χ1v) is 8.98. The maximum atomic E-state index is 11.9. The first kappa shape index (κ1) is 16.3. The van der Waals surface area contributed by atoms with Crippen molar-refractivity contribution in [2.24, 2.45) is 11.0 Å². The fourth-order valence-electron chi connectivity index (χ4n) is 2.10. The molecule has 0 unspecified atom stereocenters. The zero-order chi connectivity index (χ0) is 17.3. The van der Waals surface area contributed by atoms with Crippen molar-refractivity contribution >= 4 is 27.3 Å². The van der Waals surface area contributed by atoms with Gasteiger partial charge in [0.05, 0.1) is 15.5 Å². The minimum Gasteiger partial charge on any atom is -0.289 e. The Morgan fingerprint density at radius 2 is 1.92 bits per heavy atom. The number of sulfonamides is 1. The van der Waals surface area contributed by atoms with E-state index in [1.807, 2.05) is 22.9 Å². The molecule has 0 radical (unpaired) electrons. The molecule has 0 aliphatic heterocycles. The Kier molecular flexibility index (Phi) is 4.15. The van der Waals surface area contributed by atoms with Crippen LogP contribution in [0.4, 0.5) is 0 Å². The second kappa shape index (κ2) is 6.13. The number of hydrogen-bond acceptors (Lipinski definition) is 7. The van der Waals surface area contributed by atoms with Crippen molar-refractivity contribution in [3.05, 3.63) is 47.5 Å². The lowest BCUT2D eigenvalue weighted by molar-refractivity contribution is 0.0949. The summed E-state index contributed by atoms with van der Waals surface area (Å²) in [6.07, 6.45) is 0. The van der Waals surface area contributed by atoms with E-state index in [9.17, 15) is 13.2 Å². The van der Waals surface area contributed by atoms with Gasteiger partial charge in [-0.1, -0.05) is 11.3 Å². The highest BCUT2D eigenvalue weighted by molar-refractivity contribution is 7.89. The summed E-state index contributed by atoms with van der Waals surface area (Å²) in [5, 5.41) is 14.8. The Balaban J connectivity index is 2.15. The zero-order valence-corrected chi connectivity index (χ0v) is 13.7. The van der Waals surface area contributed by atoms with Crippen LogP contribution in [0.15, 0.2) is 46.7 Å². The standard InChI is InChI=1S/C13H12N6O3S2/c14-16-13(20)11-12(10-2-1-7-23-10)19(18-17-11)8-3-5-9(6-4-8)24(15,21)22/h1-7H,14H2,(H,16,20)(H2,15,21,22). The lowest BCUT2D eigenvalue weighted by atomic mass is 10.2. The van der Waals surface area contributed by atoms with Crippen LogP contribution in [0.1, 0.15) is 10.5 Å². The number of aromatic nitrogens is 3. The largest absolute Gasteiger partial charge is 0.289 e. The molecule has 24 heavy (non-hydrogen) atoms. The molecule has 2 heterocycles. The van der Waals surface area contributed by atoms with Gasteiger partial charge in [0.2, 0.25) is 10.0 Å². The number of thiophene rings is 1. The van der Waals surface area contributed by atoms with E-state index in [0.29, 0.717) is 11.4 Å². The summed E-state index contributed by atoms with van der Waals surface area (Å²) in [7, 11) is -3.79. The number of rotatable bonds is 4. The maximum Gasteiger partial charge on any atom is 0.288 e. The minimum atomic E-state index is -3.79. The zero-order valence-electron chi connectivity index (χ0n) is 12.1. The van der Waals surface area contributed by atoms with Crippen LogP contribution in [0.5, 0.6) is 0 Å².